The van der Waals surface area contributed by atoms with Gasteiger partial charge in [-0.15, -0.1) is 5.10 Å². The number of fused-ring (bicyclic) bond motifs is 1. The molecule has 0 bridgehead atoms. The summed E-state index contributed by atoms with van der Waals surface area (Å²) in [6.07, 6.45) is 6.08. The summed E-state index contributed by atoms with van der Waals surface area (Å²) >= 11 is 0. The van der Waals surface area contributed by atoms with Crippen LogP contribution in [0.15, 0.2) is 59.6 Å². The van der Waals surface area contributed by atoms with Crippen LogP contribution in [0, 0.1) is 0 Å². The molecule has 2 N–H and O–H groups in total. The van der Waals surface area contributed by atoms with Gasteiger partial charge in [-0.1, -0.05) is 17.3 Å². The number of nitrogens with zero attached hydrogens (tertiary/aromatic N) is 6. The summed E-state index contributed by atoms with van der Waals surface area (Å²) in [5.74, 6) is 1.55. The van der Waals surface area contributed by atoms with E-state index in [4.69, 9.17) is 18.9 Å². The number of aromatic amines is 1. The second-order valence-corrected chi connectivity index (χ2v) is 11.1. The van der Waals surface area contributed by atoms with E-state index in [-0.39, 0.29) is 17.9 Å². The molecule has 13 heteroatoms. The van der Waals surface area contributed by atoms with E-state index in [1.54, 1.807) is 17.3 Å². The van der Waals surface area contributed by atoms with Gasteiger partial charge in [0.25, 0.3) is 0 Å². The Morgan fingerprint density at radius 3 is 2.74 bits per heavy atom. The molecule has 0 spiro atoms. The predicted molar refractivity (Wildman–Crippen MR) is 157 cm³/mol. The molecule has 4 heterocycles. The maximum Gasteiger partial charge on any atom is 0.410 e. The van der Waals surface area contributed by atoms with Crippen LogP contribution in [0.4, 0.5) is 16.4 Å². The highest BCUT2D eigenvalue weighted by Crippen LogP contribution is 2.36. The Kier molecular flexibility index (Phi) is 7.45. The van der Waals surface area contributed by atoms with E-state index in [9.17, 15) is 9.59 Å². The highest BCUT2D eigenvalue weighted by Gasteiger charge is 2.28. The molecular formula is C30H30N8O5. The molecule has 1 aliphatic heterocycles. The van der Waals surface area contributed by atoms with E-state index in [1.807, 2.05) is 57.2 Å². The molecule has 5 aromatic rings. The van der Waals surface area contributed by atoms with Crippen LogP contribution in [-0.2, 0) is 4.74 Å². The summed E-state index contributed by atoms with van der Waals surface area (Å²) in [6.45, 7) is 6.54. The van der Waals surface area contributed by atoms with Gasteiger partial charge in [0, 0.05) is 60.4 Å². The number of carbonyl (C=O) groups is 2. The van der Waals surface area contributed by atoms with Gasteiger partial charge in [-0.2, -0.15) is 0 Å². The Balaban J connectivity index is 1.27. The van der Waals surface area contributed by atoms with E-state index in [0.29, 0.717) is 66.4 Å². The van der Waals surface area contributed by atoms with Gasteiger partial charge in [0.2, 0.25) is 5.95 Å². The van der Waals surface area contributed by atoms with E-state index in [0.717, 1.165) is 16.6 Å². The molecule has 1 saturated heterocycles. The van der Waals surface area contributed by atoms with Gasteiger partial charge in [0.15, 0.2) is 24.1 Å². The Bertz CT molecular complexity index is 1750. The summed E-state index contributed by atoms with van der Waals surface area (Å²) < 4.78 is 17.4. The number of benzene rings is 2. The number of aldehydes is 1. The van der Waals surface area contributed by atoms with E-state index >= 15 is 0 Å². The number of likely N-dealkylation sites (tertiary alicyclic amines) is 1. The molecule has 1 aliphatic rings. The van der Waals surface area contributed by atoms with Crippen molar-refractivity contribution in [1.29, 1.82) is 0 Å². The quantitative estimate of drug-likeness (QED) is 0.236. The SMILES string of the molecule is CC(C)(C)OC(=O)N1CCC(Oc2cc3nc(Nc4cccc(-c5cnco5)c4)ncc3cc2-c2[nH]nnc2C=O)CC1. The van der Waals surface area contributed by atoms with Crippen molar-refractivity contribution in [2.45, 2.75) is 45.3 Å². The van der Waals surface area contributed by atoms with E-state index in [2.05, 4.69) is 30.7 Å². The van der Waals surface area contributed by atoms with Crippen molar-refractivity contribution in [2.75, 3.05) is 18.4 Å². The fraction of sp³-hybridized carbons (Fsp3) is 0.300. The van der Waals surface area contributed by atoms with Crippen LogP contribution < -0.4 is 10.1 Å². The number of carbonyl (C=O) groups excluding carboxylic acids is 2. The van der Waals surface area contributed by atoms with Gasteiger partial charge < -0.3 is 24.1 Å². The number of hydrogen-bond donors (Lipinski definition) is 2. The fourth-order valence-corrected chi connectivity index (χ4v) is 4.83. The van der Waals surface area contributed by atoms with E-state index < -0.39 is 5.60 Å². The Labute approximate surface area is 246 Å². The summed E-state index contributed by atoms with van der Waals surface area (Å²) in [4.78, 5) is 39.1. The van der Waals surface area contributed by atoms with Gasteiger partial charge in [0.1, 0.15) is 17.5 Å². The lowest BCUT2D eigenvalue weighted by molar-refractivity contribution is 0.0127. The van der Waals surface area contributed by atoms with Gasteiger partial charge in [-0.3, -0.25) is 9.89 Å². The van der Waals surface area contributed by atoms with Crippen LogP contribution in [-0.4, -0.2) is 72.4 Å². The maximum absolute atomic E-state index is 12.5. The number of ether oxygens (including phenoxy) is 2. The number of anilines is 2. The lowest BCUT2D eigenvalue weighted by Gasteiger charge is -2.33. The van der Waals surface area contributed by atoms with Crippen LogP contribution in [0.5, 0.6) is 5.75 Å². The molecule has 2 aromatic carbocycles. The third-order valence-electron chi connectivity index (χ3n) is 6.86. The minimum absolute atomic E-state index is 0.162. The van der Waals surface area contributed by atoms with Gasteiger partial charge in [-0.25, -0.2) is 19.7 Å². The first kappa shape index (κ1) is 27.8. The molecule has 1 amide bonds. The van der Waals surface area contributed by atoms with E-state index in [1.165, 1.54) is 6.39 Å². The van der Waals surface area contributed by atoms with Crippen molar-refractivity contribution < 1.29 is 23.5 Å². The highest BCUT2D eigenvalue weighted by atomic mass is 16.6. The molecule has 1 fully saturated rings. The van der Waals surface area contributed by atoms with Crippen LogP contribution in [0.1, 0.15) is 44.1 Å². The van der Waals surface area contributed by atoms with Crippen molar-refractivity contribution >= 4 is 34.9 Å². The first-order valence-electron chi connectivity index (χ1n) is 13.8. The molecule has 43 heavy (non-hydrogen) atoms. The zero-order valence-corrected chi connectivity index (χ0v) is 23.9. The number of rotatable bonds is 7. The summed E-state index contributed by atoms with van der Waals surface area (Å²) in [5, 5.41) is 14.5. The standard InChI is InChI=1S/C30H30N8O5/c1-30(2,3)43-29(40)38-9-7-21(8-10-38)42-25-13-23-19(12-22(25)27-24(16-39)35-37-36-27)14-32-28(34-23)33-20-6-4-5-18(11-20)26-15-31-17-41-26/h4-6,11-17,21H,7-10H2,1-3H3,(H,32,33,34)(H,35,36,37). The van der Waals surface area contributed by atoms with Crippen LogP contribution in [0.3, 0.4) is 0 Å². The van der Waals surface area contributed by atoms with Crippen molar-refractivity contribution in [1.82, 2.24) is 35.3 Å². The van der Waals surface area contributed by atoms with Crippen LogP contribution in [0.25, 0.3) is 33.5 Å². The van der Waals surface area contributed by atoms with Crippen molar-refractivity contribution in [3.8, 4) is 28.3 Å². The summed E-state index contributed by atoms with van der Waals surface area (Å²) in [7, 11) is 0. The molecule has 0 atom stereocenters. The Morgan fingerprint density at radius 2 is 2.00 bits per heavy atom. The van der Waals surface area contributed by atoms with Gasteiger partial charge in [0.05, 0.1) is 17.4 Å². The average Bonchev–Trinajstić information content (AvgIpc) is 3.69. The molecule has 220 valence electrons. The molecule has 13 nitrogen and oxygen atoms in total. The fourth-order valence-electron chi connectivity index (χ4n) is 4.83. The number of amides is 1. The number of piperidine rings is 1. The number of H-pyrrole nitrogens is 1. The van der Waals surface area contributed by atoms with Gasteiger partial charge in [-0.05, 0) is 39.0 Å². The van der Waals surface area contributed by atoms with Crippen LogP contribution >= 0.6 is 0 Å². The maximum atomic E-state index is 12.5. The third-order valence-corrected chi connectivity index (χ3v) is 6.86. The van der Waals surface area contributed by atoms with Crippen molar-refractivity contribution in [2.24, 2.45) is 0 Å². The average molecular weight is 583 g/mol. The normalized spacial score (nSPS) is 14.1. The number of hydrogen-bond acceptors (Lipinski definition) is 11. The monoisotopic (exact) mass is 582 g/mol. The molecular weight excluding hydrogens is 552 g/mol. The zero-order chi connectivity index (χ0) is 30.0. The first-order valence-corrected chi connectivity index (χ1v) is 13.8. The lowest BCUT2D eigenvalue weighted by atomic mass is 10.0. The highest BCUT2D eigenvalue weighted by molar-refractivity contribution is 5.92. The van der Waals surface area contributed by atoms with Crippen molar-refractivity contribution in [3.05, 3.63) is 60.9 Å². The summed E-state index contributed by atoms with van der Waals surface area (Å²) in [5.41, 5.74) is 2.91. The number of oxazole rings is 1. The lowest BCUT2D eigenvalue weighted by Crippen LogP contribution is -2.44. The molecule has 0 radical (unpaired) electrons. The minimum atomic E-state index is -0.561. The molecule has 3 aromatic heterocycles. The number of aromatic nitrogens is 6. The second-order valence-electron chi connectivity index (χ2n) is 11.1. The molecule has 0 saturated carbocycles. The second kappa shape index (κ2) is 11.5. The Hall–Kier alpha value is -5.33. The van der Waals surface area contributed by atoms with Crippen LogP contribution in [0.2, 0.25) is 0 Å². The molecule has 6 rings (SSSR count). The molecule has 0 unspecified atom stereocenters. The number of nitrogens with one attached hydrogen (secondary N) is 2. The first-order chi connectivity index (χ1) is 20.8. The molecule has 0 aliphatic carbocycles. The topological polar surface area (TPSA) is 161 Å². The minimum Gasteiger partial charge on any atom is -0.490 e. The summed E-state index contributed by atoms with van der Waals surface area (Å²) in [6, 6.07) is 11.3. The van der Waals surface area contributed by atoms with Gasteiger partial charge >= 0.3 is 6.09 Å². The largest absolute Gasteiger partial charge is 0.490 e. The smallest absolute Gasteiger partial charge is 0.410 e. The third kappa shape index (κ3) is 6.30. The zero-order valence-electron chi connectivity index (χ0n) is 23.9. The Morgan fingerprint density at radius 1 is 1.16 bits per heavy atom. The van der Waals surface area contributed by atoms with Crippen molar-refractivity contribution in [3.63, 3.8) is 0 Å². The predicted octanol–water partition coefficient (Wildman–Crippen LogP) is 5.40.